The van der Waals surface area contributed by atoms with Gasteiger partial charge >= 0.3 is 11.9 Å². The van der Waals surface area contributed by atoms with E-state index < -0.39 is 11.9 Å². The summed E-state index contributed by atoms with van der Waals surface area (Å²) in [6, 6.07) is 2.56. The number of halogens is 2. The maximum Gasteiger partial charge on any atom is 0.335 e. The summed E-state index contributed by atoms with van der Waals surface area (Å²) in [6.07, 6.45) is 1.47. The number of hydrogen-bond donors (Lipinski definition) is 1. The van der Waals surface area contributed by atoms with E-state index in [1.807, 2.05) is 0 Å². The predicted molar refractivity (Wildman–Crippen MR) is 73.7 cm³/mol. The molecule has 4 nitrogen and oxygen atoms in total. The highest BCUT2D eigenvalue weighted by molar-refractivity contribution is 6.37. The zero-order valence-corrected chi connectivity index (χ0v) is 11.9. The third-order valence-electron chi connectivity index (χ3n) is 2.28. The molecule has 0 heterocycles. The van der Waals surface area contributed by atoms with E-state index in [1.54, 1.807) is 13.8 Å². The van der Waals surface area contributed by atoms with Crippen LogP contribution >= 0.6 is 23.2 Å². The van der Waals surface area contributed by atoms with Crippen LogP contribution in [0.2, 0.25) is 10.0 Å². The molecule has 0 atom stereocenters. The van der Waals surface area contributed by atoms with Gasteiger partial charge in [-0.1, -0.05) is 23.2 Å². The Kier molecular flexibility index (Phi) is 5.39. The van der Waals surface area contributed by atoms with E-state index >= 15 is 0 Å². The SMILES string of the molecule is CCOC(=O)/C(C)=C\c1c(Cl)cc(C(=O)O)cc1Cl. The van der Waals surface area contributed by atoms with Crippen LogP contribution < -0.4 is 0 Å². The number of carboxylic acid groups (broad SMARTS) is 1. The smallest absolute Gasteiger partial charge is 0.335 e. The molecule has 0 saturated heterocycles. The fraction of sp³-hybridized carbons (Fsp3) is 0.231. The Morgan fingerprint density at radius 3 is 2.26 bits per heavy atom. The number of ether oxygens (including phenoxy) is 1. The lowest BCUT2D eigenvalue weighted by molar-refractivity contribution is -0.138. The molecule has 0 bridgehead atoms. The monoisotopic (exact) mass is 302 g/mol. The largest absolute Gasteiger partial charge is 0.478 e. The van der Waals surface area contributed by atoms with Crippen molar-refractivity contribution in [2.75, 3.05) is 6.61 Å². The first-order chi connectivity index (χ1) is 8.86. The van der Waals surface area contributed by atoms with Gasteiger partial charge in [-0.3, -0.25) is 0 Å². The molecule has 102 valence electrons. The van der Waals surface area contributed by atoms with Crippen molar-refractivity contribution < 1.29 is 19.4 Å². The molecule has 1 rings (SSSR count). The van der Waals surface area contributed by atoms with Crippen molar-refractivity contribution in [3.8, 4) is 0 Å². The summed E-state index contributed by atoms with van der Waals surface area (Å²) in [4.78, 5) is 22.3. The molecule has 0 aliphatic heterocycles. The molecular weight excluding hydrogens is 291 g/mol. The average molecular weight is 303 g/mol. The van der Waals surface area contributed by atoms with Gasteiger partial charge in [0, 0.05) is 11.1 Å². The topological polar surface area (TPSA) is 63.6 Å². The van der Waals surface area contributed by atoms with E-state index in [0.717, 1.165) is 0 Å². The van der Waals surface area contributed by atoms with Gasteiger partial charge < -0.3 is 9.84 Å². The van der Waals surface area contributed by atoms with Crippen LogP contribution in [0, 0.1) is 0 Å². The maximum absolute atomic E-state index is 11.5. The first kappa shape index (κ1) is 15.5. The van der Waals surface area contributed by atoms with Crippen molar-refractivity contribution in [3.63, 3.8) is 0 Å². The lowest BCUT2D eigenvalue weighted by atomic mass is 10.1. The standard InChI is InChI=1S/C13H12Cl2O4/c1-3-19-13(18)7(2)4-9-10(14)5-8(12(16)17)6-11(9)15/h4-6H,3H2,1-2H3,(H,16,17)/b7-4-. The second-order valence-corrected chi connectivity index (χ2v) is 4.52. The average Bonchev–Trinajstić information content (AvgIpc) is 2.33. The number of carbonyl (C=O) groups excluding carboxylic acids is 1. The highest BCUT2D eigenvalue weighted by Gasteiger charge is 2.13. The van der Waals surface area contributed by atoms with Gasteiger partial charge in [0.05, 0.1) is 22.2 Å². The zero-order chi connectivity index (χ0) is 14.6. The Morgan fingerprint density at radius 2 is 1.84 bits per heavy atom. The van der Waals surface area contributed by atoms with E-state index in [9.17, 15) is 9.59 Å². The van der Waals surface area contributed by atoms with Gasteiger partial charge in [0.15, 0.2) is 0 Å². The molecule has 0 aromatic heterocycles. The molecule has 0 spiro atoms. The molecular formula is C13H12Cl2O4. The van der Waals surface area contributed by atoms with Crippen LogP contribution in [0.3, 0.4) is 0 Å². The number of benzene rings is 1. The minimum atomic E-state index is -1.12. The molecule has 1 aromatic rings. The normalized spacial score (nSPS) is 11.3. The van der Waals surface area contributed by atoms with Gasteiger partial charge in [-0.25, -0.2) is 9.59 Å². The molecule has 0 aliphatic carbocycles. The van der Waals surface area contributed by atoms with Gasteiger partial charge in [-0.05, 0) is 32.1 Å². The fourth-order valence-electron chi connectivity index (χ4n) is 1.37. The van der Waals surface area contributed by atoms with Gasteiger partial charge in [-0.2, -0.15) is 0 Å². The van der Waals surface area contributed by atoms with Crippen molar-refractivity contribution in [2.24, 2.45) is 0 Å². The van der Waals surface area contributed by atoms with E-state index in [4.69, 9.17) is 33.0 Å². The highest BCUT2D eigenvalue weighted by atomic mass is 35.5. The first-order valence-electron chi connectivity index (χ1n) is 5.44. The van der Waals surface area contributed by atoms with Gasteiger partial charge in [0.1, 0.15) is 0 Å². The molecule has 19 heavy (non-hydrogen) atoms. The van der Waals surface area contributed by atoms with Crippen molar-refractivity contribution >= 4 is 41.2 Å². The molecule has 0 saturated carbocycles. The van der Waals surface area contributed by atoms with Crippen LogP contribution in [0.4, 0.5) is 0 Å². The van der Waals surface area contributed by atoms with Gasteiger partial charge in [0.25, 0.3) is 0 Å². The number of rotatable bonds is 4. The number of aromatic carboxylic acids is 1. The second kappa shape index (κ2) is 6.59. The van der Waals surface area contributed by atoms with Crippen molar-refractivity contribution in [2.45, 2.75) is 13.8 Å². The van der Waals surface area contributed by atoms with Gasteiger partial charge in [-0.15, -0.1) is 0 Å². The summed E-state index contributed by atoms with van der Waals surface area (Å²) in [5.41, 5.74) is 0.702. The third-order valence-corrected chi connectivity index (χ3v) is 2.91. The molecule has 6 heteroatoms. The summed E-state index contributed by atoms with van der Waals surface area (Å²) in [5.74, 6) is -1.60. The fourth-order valence-corrected chi connectivity index (χ4v) is 1.96. The molecule has 1 N–H and O–H groups in total. The minimum Gasteiger partial charge on any atom is -0.478 e. The van der Waals surface area contributed by atoms with Crippen molar-refractivity contribution in [1.29, 1.82) is 0 Å². The Balaban J connectivity index is 3.19. The van der Waals surface area contributed by atoms with Crippen molar-refractivity contribution in [1.82, 2.24) is 0 Å². The first-order valence-corrected chi connectivity index (χ1v) is 6.20. The molecule has 0 unspecified atom stereocenters. The Bertz CT molecular complexity index is 527. The molecule has 0 fully saturated rings. The summed E-state index contributed by atoms with van der Waals surface area (Å²) in [5, 5.41) is 9.18. The van der Waals surface area contributed by atoms with Gasteiger partial charge in [0.2, 0.25) is 0 Å². The summed E-state index contributed by atoms with van der Waals surface area (Å²) in [6.45, 7) is 3.53. The van der Waals surface area contributed by atoms with E-state index in [1.165, 1.54) is 18.2 Å². The van der Waals surface area contributed by atoms with E-state index in [-0.39, 0.29) is 22.2 Å². The minimum absolute atomic E-state index is 0.0130. The van der Waals surface area contributed by atoms with E-state index in [2.05, 4.69) is 0 Å². The summed E-state index contributed by atoms with van der Waals surface area (Å²) >= 11 is 11.9. The quantitative estimate of drug-likeness (QED) is 0.681. The summed E-state index contributed by atoms with van der Waals surface area (Å²) in [7, 11) is 0. The predicted octanol–water partition coefficient (Wildman–Crippen LogP) is 3.66. The number of carboxylic acids is 1. The molecule has 0 radical (unpaired) electrons. The van der Waals surface area contributed by atoms with Crippen LogP contribution in [-0.4, -0.2) is 23.7 Å². The number of esters is 1. The molecule has 0 amide bonds. The van der Waals surface area contributed by atoms with E-state index in [0.29, 0.717) is 11.1 Å². The highest BCUT2D eigenvalue weighted by Crippen LogP contribution is 2.29. The zero-order valence-electron chi connectivity index (χ0n) is 10.4. The number of carbonyl (C=O) groups is 2. The maximum atomic E-state index is 11.5. The van der Waals surface area contributed by atoms with Crippen molar-refractivity contribution in [3.05, 3.63) is 38.9 Å². The number of hydrogen-bond acceptors (Lipinski definition) is 3. The lowest BCUT2D eigenvalue weighted by Crippen LogP contribution is -2.05. The van der Waals surface area contributed by atoms with Crippen LogP contribution in [0.1, 0.15) is 29.8 Å². The van der Waals surface area contributed by atoms with Crippen LogP contribution in [-0.2, 0) is 9.53 Å². The summed E-state index contributed by atoms with van der Waals surface area (Å²) < 4.78 is 4.83. The van der Waals surface area contributed by atoms with Crippen LogP contribution in [0.25, 0.3) is 6.08 Å². The molecule has 0 aliphatic rings. The molecule has 1 aromatic carbocycles. The van der Waals surface area contributed by atoms with Crippen LogP contribution in [0.15, 0.2) is 17.7 Å². The Morgan fingerprint density at radius 1 is 1.32 bits per heavy atom. The van der Waals surface area contributed by atoms with Crippen LogP contribution in [0.5, 0.6) is 0 Å². The third kappa shape index (κ3) is 3.98. The Labute approximate surface area is 120 Å². The second-order valence-electron chi connectivity index (χ2n) is 3.71. The lowest BCUT2D eigenvalue weighted by Gasteiger charge is -2.06. The Hall–Kier alpha value is -1.52.